The quantitative estimate of drug-likeness (QED) is 0.197. The van der Waals surface area contributed by atoms with Crippen LogP contribution in [0.4, 0.5) is 0 Å². The van der Waals surface area contributed by atoms with Crippen LogP contribution in [-0.4, -0.2) is 43.2 Å². The molecule has 0 atom stereocenters. The fourth-order valence-corrected chi connectivity index (χ4v) is 5.80. The molecule has 5 rings (SSSR count). The van der Waals surface area contributed by atoms with Gasteiger partial charge < -0.3 is 14.6 Å². The standard InChI is InChI=1S/C31H29ClN4O4S/c1-6-39-30-34-15-19(16-35-30)23-12-18(9-10-33-23)29-36-24-11-17(2)22(14-26(37)38)27(28(24)41-29)21-8-7-20(32)13-25(21)40-31(3,4)5/h7-13,15-16H,6,14H2,1-5H3,(H,37,38). The van der Waals surface area contributed by atoms with Gasteiger partial charge in [-0.3, -0.25) is 9.78 Å². The Labute approximate surface area is 247 Å². The van der Waals surface area contributed by atoms with Crippen molar-refractivity contribution in [2.45, 2.75) is 46.6 Å². The number of carboxylic acid groups (broad SMARTS) is 1. The summed E-state index contributed by atoms with van der Waals surface area (Å²) in [6.45, 7) is 10.2. The van der Waals surface area contributed by atoms with Crippen LogP contribution in [0.3, 0.4) is 0 Å². The van der Waals surface area contributed by atoms with E-state index in [4.69, 9.17) is 26.1 Å². The molecule has 10 heteroatoms. The zero-order valence-corrected chi connectivity index (χ0v) is 24.9. The van der Waals surface area contributed by atoms with Crippen LogP contribution in [0.5, 0.6) is 11.8 Å². The molecule has 5 aromatic rings. The Morgan fingerprint density at radius 2 is 1.80 bits per heavy atom. The molecule has 8 nitrogen and oxygen atoms in total. The largest absolute Gasteiger partial charge is 0.487 e. The van der Waals surface area contributed by atoms with Crippen molar-refractivity contribution in [3.05, 3.63) is 71.1 Å². The third-order valence-electron chi connectivity index (χ3n) is 6.17. The van der Waals surface area contributed by atoms with Gasteiger partial charge in [0.25, 0.3) is 0 Å². The van der Waals surface area contributed by atoms with Crippen LogP contribution in [0.15, 0.2) is 55.0 Å². The number of aryl methyl sites for hydroxylation is 1. The Balaban J connectivity index is 1.68. The Bertz CT molecular complexity index is 1750. The number of ether oxygens (including phenoxy) is 2. The number of hydrogen-bond acceptors (Lipinski definition) is 8. The number of rotatable bonds is 8. The number of benzene rings is 2. The van der Waals surface area contributed by atoms with E-state index in [-0.39, 0.29) is 6.42 Å². The highest BCUT2D eigenvalue weighted by Crippen LogP contribution is 2.45. The van der Waals surface area contributed by atoms with Crippen LogP contribution in [-0.2, 0) is 11.2 Å². The molecular formula is C31H29ClN4O4S. The zero-order valence-electron chi connectivity index (χ0n) is 23.4. The van der Waals surface area contributed by atoms with Gasteiger partial charge in [0.05, 0.1) is 28.9 Å². The second-order valence-corrected chi connectivity index (χ2v) is 11.9. The SMILES string of the molecule is CCOc1ncc(-c2cc(-c3nc4cc(C)c(CC(=O)O)c(-c5ccc(Cl)cc5OC(C)(C)C)c4s3)ccn2)cn1. The number of carboxylic acids is 1. The van der Waals surface area contributed by atoms with Gasteiger partial charge in [-0.15, -0.1) is 11.3 Å². The van der Waals surface area contributed by atoms with Gasteiger partial charge in [0, 0.05) is 45.9 Å². The lowest BCUT2D eigenvalue weighted by Gasteiger charge is -2.24. The first kappa shape index (κ1) is 28.4. The van der Waals surface area contributed by atoms with Crippen molar-refractivity contribution >= 4 is 39.1 Å². The van der Waals surface area contributed by atoms with E-state index < -0.39 is 11.6 Å². The molecule has 0 aliphatic heterocycles. The van der Waals surface area contributed by atoms with Gasteiger partial charge in [-0.05, 0) is 82.1 Å². The molecule has 0 spiro atoms. The van der Waals surface area contributed by atoms with Gasteiger partial charge in [-0.2, -0.15) is 0 Å². The number of pyridine rings is 1. The summed E-state index contributed by atoms with van der Waals surface area (Å²) >= 11 is 7.87. The van der Waals surface area contributed by atoms with E-state index in [0.717, 1.165) is 43.0 Å². The van der Waals surface area contributed by atoms with E-state index in [1.807, 2.05) is 58.9 Å². The number of aliphatic carboxylic acids is 1. The summed E-state index contributed by atoms with van der Waals surface area (Å²) in [5.41, 5.74) is 5.71. The lowest BCUT2D eigenvalue weighted by Crippen LogP contribution is -2.23. The average molecular weight is 589 g/mol. The molecule has 0 radical (unpaired) electrons. The maximum Gasteiger partial charge on any atom is 0.316 e. The normalized spacial score (nSPS) is 11.6. The lowest BCUT2D eigenvalue weighted by atomic mass is 9.92. The highest BCUT2D eigenvalue weighted by Gasteiger charge is 2.24. The minimum Gasteiger partial charge on any atom is -0.487 e. The molecule has 3 aromatic heterocycles. The first-order valence-corrected chi connectivity index (χ1v) is 14.3. The smallest absolute Gasteiger partial charge is 0.316 e. The van der Waals surface area contributed by atoms with Crippen molar-refractivity contribution in [3.8, 4) is 44.7 Å². The highest BCUT2D eigenvalue weighted by atomic mass is 35.5. The molecule has 210 valence electrons. The van der Waals surface area contributed by atoms with Crippen molar-refractivity contribution in [3.63, 3.8) is 0 Å². The molecule has 0 aliphatic rings. The third-order valence-corrected chi connectivity index (χ3v) is 7.55. The first-order chi connectivity index (χ1) is 19.5. The molecule has 0 unspecified atom stereocenters. The molecular weight excluding hydrogens is 560 g/mol. The summed E-state index contributed by atoms with van der Waals surface area (Å²) in [5, 5.41) is 11.1. The Kier molecular flexibility index (Phi) is 7.93. The number of halogens is 1. The molecule has 0 saturated heterocycles. The van der Waals surface area contributed by atoms with Gasteiger partial charge in [-0.25, -0.2) is 15.0 Å². The number of carbonyl (C=O) groups is 1. The first-order valence-electron chi connectivity index (χ1n) is 13.1. The molecule has 1 N–H and O–H groups in total. The molecule has 0 saturated carbocycles. The van der Waals surface area contributed by atoms with Crippen molar-refractivity contribution in [1.82, 2.24) is 19.9 Å². The summed E-state index contributed by atoms with van der Waals surface area (Å²) in [7, 11) is 0. The molecule has 3 heterocycles. The topological polar surface area (TPSA) is 107 Å². The Morgan fingerprint density at radius 3 is 2.49 bits per heavy atom. The molecule has 0 fully saturated rings. The molecule has 0 bridgehead atoms. The Morgan fingerprint density at radius 1 is 1.05 bits per heavy atom. The van der Waals surface area contributed by atoms with Gasteiger partial charge in [0.15, 0.2) is 0 Å². The lowest BCUT2D eigenvalue weighted by molar-refractivity contribution is -0.136. The number of aromatic nitrogens is 4. The van der Waals surface area contributed by atoms with Gasteiger partial charge >= 0.3 is 12.0 Å². The van der Waals surface area contributed by atoms with E-state index >= 15 is 0 Å². The maximum absolute atomic E-state index is 12.0. The average Bonchev–Trinajstić information content (AvgIpc) is 3.33. The zero-order chi connectivity index (χ0) is 29.3. The second-order valence-electron chi connectivity index (χ2n) is 10.5. The minimum atomic E-state index is -0.915. The van der Waals surface area contributed by atoms with Crippen LogP contribution < -0.4 is 9.47 Å². The van der Waals surface area contributed by atoms with Crippen LogP contribution in [0.1, 0.15) is 38.8 Å². The predicted octanol–water partition coefficient (Wildman–Crippen LogP) is 7.65. The van der Waals surface area contributed by atoms with Crippen molar-refractivity contribution in [2.24, 2.45) is 0 Å². The molecule has 0 amide bonds. The monoisotopic (exact) mass is 588 g/mol. The van der Waals surface area contributed by atoms with E-state index in [0.29, 0.717) is 34.6 Å². The highest BCUT2D eigenvalue weighted by molar-refractivity contribution is 7.22. The second kappa shape index (κ2) is 11.4. The van der Waals surface area contributed by atoms with Gasteiger partial charge in [0.2, 0.25) is 0 Å². The Hall–Kier alpha value is -4.08. The van der Waals surface area contributed by atoms with Gasteiger partial charge in [0.1, 0.15) is 16.4 Å². The summed E-state index contributed by atoms with van der Waals surface area (Å²) in [5.74, 6) is -0.331. The summed E-state index contributed by atoms with van der Waals surface area (Å²) in [6, 6.07) is 11.6. The van der Waals surface area contributed by atoms with Crippen molar-refractivity contribution in [2.75, 3.05) is 6.61 Å². The number of hydrogen-bond donors (Lipinski definition) is 1. The van der Waals surface area contributed by atoms with Crippen molar-refractivity contribution in [1.29, 1.82) is 0 Å². The van der Waals surface area contributed by atoms with E-state index in [9.17, 15) is 9.90 Å². The molecule has 0 aliphatic carbocycles. The summed E-state index contributed by atoms with van der Waals surface area (Å²) in [6.07, 6.45) is 4.95. The number of fused-ring (bicyclic) bond motifs is 1. The molecule has 2 aromatic carbocycles. The van der Waals surface area contributed by atoms with Crippen LogP contribution in [0.2, 0.25) is 5.02 Å². The van der Waals surface area contributed by atoms with E-state index in [2.05, 4.69) is 15.0 Å². The fraction of sp³-hybridized carbons (Fsp3) is 0.258. The summed E-state index contributed by atoms with van der Waals surface area (Å²) < 4.78 is 12.5. The third kappa shape index (κ3) is 6.31. The minimum absolute atomic E-state index is 0.140. The predicted molar refractivity (Wildman–Crippen MR) is 162 cm³/mol. The van der Waals surface area contributed by atoms with Gasteiger partial charge in [-0.1, -0.05) is 11.6 Å². The fourth-order valence-electron chi connectivity index (χ4n) is 4.51. The molecule has 41 heavy (non-hydrogen) atoms. The van der Waals surface area contributed by atoms with Crippen LogP contribution in [0, 0.1) is 6.92 Å². The van der Waals surface area contributed by atoms with E-state index in [1.165, 1.54) is 11.3 Å². The van der Waals surface area contributed by atoms with Crippen LogP contribution >= 0.6 is 22.9 Å². The van der Waals surface area contributed by atoms with Crippen molar-refractivity contribution < 1.29 is 19.4 Å². The number of nitrogens with zero attached hydrogens (tertiary/aromatic N) is 4. The maximum atomic E-state index is 12.0. The number of thiazole rings is 1. The van der Waals surface area contributed by atoms with Crippen LogP contribution in [0.25, 0.3) is 43.2 Å². The summed E-state index contributed by atoms with van der Waals surface area (Å²) in [4.78, 5) is 30.0. The van der Waals surface area contributed by atoms with E-state index in [1.54, 1.807) is 30.7 Å².